The van der Waals surface area contributed by atoms with Crippen molar-refractivity contribution in [2.45, 2.75) is 76.7 Å². The van der Waals surface area contributed by atoms with Gasteiger partial charge in [0, 0.05) is 42.5 Å². The van der Waals surface area contributed by atoms with Gasteiger partial charge in [-0.2, -0.15) is 0 Å². The first-order valence-electron chi connectivity index (χ1n) is 13.5. The molecular formula is C30H36FN3O4. The molecule has 0 spiro atoms. The number of amides is 1. The van der Waals surface area contributed by atoms with Crippen LogP contribution in [0.5, 0.6) is 5.75 Å². The number of aryl methyl sites for hydroxylation is 1. The Balaban J connectivity index is 1.21. The molecule has 2 heterocycles. The summed E-state index contributed by atoms with van der Waals surface area (Å²) in [5.74, 6) is -0.785. The van der Waals surface area contributed by atoms with Gasteiger partial charge in [0.1, 0.15) is 18.2 Å². The summed E-state index contributed by atoms with van der Waals surface area (Å²) >= 11 is 0. The van der Waals surface area contributed by atoms with Crippen molar-refractivity contribution in [3.05, 3.63) is 65.1 Å². The van der Waals surface area contributed by atoms with Crippen molar-refractivity contribution in [2.75, 3.05) is 18.5 Å². The second-order valence-corrected chi connectivity index (χ2v) is 10.8. The average molecular weight is 522 g/mol. The summed E-state index contributed by atoms with van der Waals surface area (Å²) in [7, 11) is 0. The summed E-state index contributed by atoms with van der Waals surface area (Å²) in [4.78, 5) is 17.5. The van der Waals surface area contributed by atoms with Crippen molar-refractivity contribution in [3.8, 4) is 5.75 Å². The zero-order chi connectivity index (χ0) is 26.7. The lowest BCUT2D eigenvalue weighted by Gasteiger charge is -2.33. The summed E-state index contributed by atoms with van der Waals surface area (Å²) in [5.41, 5.74) is 2.69. The first kappa shape index (κ1) is 26.5. The maximum atomic E-state index is 14.7. The van der Waals surface area contributed by atoms with Crippen LogP contribution in [-0.2, 0) is 11.3 Å². The van der Waals surface area contributed by atoms with Gasteiger partial charge in [-0.05, 0) is 87.8 Å². The van der Waals surface area contributed by atoms with E-state index in [1.807, 2.05) is 32.2 Å². The number of benzene rings is 2. The fourth-order valence-electron chi connectivity index (χ4n) is 5.26. The number of aliphatic hydroxyl groups is 1. The molecule has 202 valence electrons. The van der Waals surface area contributed by atoms with Crippen molar-refractivity contribution in [1.82, 2.24) is 10.3 Å². The van der Waals surface area contributed by atoms with Gasteiger partial charge in [-0.15, -0.1) is 0 Å². The molecule has 0 bridgehead atoms. The number of carbonyl (C=O) groups is 1. The number of nitrogens with zero attached hydrogens (tertiary/aromatic N) is 1. The molecule has 1 amide bonds. The maximum Gasteiger partial charge on any atom is 0.258 e. The van der Waals surface area contributed by atoms with Gasteiger partial charge in [0.2, 0.25) is 0 Å². The molecule has 1 aromatic heterocycles. The highest BCUT2D eigenvalue weighted by molar-refractivity contribution is 6.06. The lowest BCUT2D eigenvalue weighted by molar-refractivity contribution is 0.0140. The topological polar surface area (TPSA) is 92.7 Å². The summed E-state index contributed by atoms with van der Waals surface area (Å²) in [5, 5.41) is 17.5. The van der Waals surface area contributed by atoms with Crippen molar-refractivity contribution in [2.24, 2.45) is 0 Å². The Labute approximate surface area is 222 Å². The molecule has 3 N–H and O–H groups in total. The maximum absolute atomic E-state index is 14.7. The Bertz CT molecular complexity index is 1300. The second kappa shape index (κ2) is 11.4. The third-order valence-electron chi connectivity index (χ3n) is 7.71. The SMILES string of the molecule is Cc1c(NC(=O)c2ccc(OC[C@@H]3CCCO3)cc2F)ccc2cc(CN[C@H]3CC[C@@](C)(O)CC3)cnc12. The molecule has 2 aromatic carbocycles. The van der Waals surface area contributed by atoms with Gasteiger partial charge in [0.15, 0.2) is 0 Å². The fraction of sp³-hybridized carbons (Fsp3) is 0.467. The molecular weight excluding hydrogens is 485 g/mol. The zero-order valence-corrected chi connectivity index (χ0v) is 22.1. The Morgan fingerprint density at radius 2 is 2.03 bits per heavy atom. The molecule has 1 atom stereocenters. The minimum absolute atomic E-state index is 0.0356. The standard InChI is InChI=1S/C30H36FN3O4/c1-19-27(34-29(35)25-7-6-23(15-26(25)31)38-18-24-4-3-13-37-24)8-5-21-14-20(17-33-28(19)21)16-32-22-9-11-30(2,36)12-10-22/h5-8,14-15,17,22,24,32,36H,3-4,9-13,16,18H2,1-2H3,(H,34,35)/t22-,24-,30+/m0/s1. The summed E-state index contributed by atoms with van der Waals surface area (Å²) in [6, 6.07) is 10.5. The zero-order valence-electron chi connectivity index (χ0n) is 22.1. The summed E-state index contributed by atoms with van der Waals surface area (Å²) in [6.45, 7) is 5.62. The van der Waals surface area contributed by atoms with E-state index in [0.717, 1.165) is 67.2 Å². The number of ether oxygens (including phenoxy) is 2. The Morgan fingerprint density at radius 3 is 2.76 bits per heavy atom. The fourth-order valence-corrected chi connectivity index (χ4v) is 5.26. The van der Waals surface area contributed by atoms with Crippen LogP contribution in [0.25, 0.3) is 10.9 Å². The molecule has 2 aliphatic rings. The predicted octanol–water partition coefficient (Wildman–Crippen LogP) is 5.28. The van der Waals surface area contributed by atoms with Crippen molar-refractivity contribution < 1.29 is 23.8 Å². The highest BCUT2D eigenvalue weighted by Crippen LogP contribution is 2.29. The molecule has 1 aliphatic carbocycles. The molecule has 5 rings (SSSR count). The smallest absolute Gasteiger partial charge is 0.258 e. The van der Waals surface area contributed by atoms with E-state index in [0.29, 0.717) is 30.6 Å². The molecule has 1 saturated carbocycles. The van der Waals surface area contributed by atoms with Gasteiger partial charge in [0.05, 0.1) is 22.8 Å². The summed E-state index contributed by atoms with van der Waals surface area (Å²) in [6.07, 6.45) is 7.38. The normalized spacial score (nSPS) is 23.5. The van der Waals surface area contributed by atoms with Crippen LogP contribution in [0.3, 0.4) is 0 Å². The largest absolute Gasteiger partial charge is 0.491 e. The number of aromatic nitrogens is 1. The van der Waals surface area contributed by atoms with Crippen molar-refractivity contribution in [1.29, 1.82) is 0 Å². The number of carbonyl (C=O) groups excluding carboxylic acids is 1. The van der Waals surface area contributed by atoms with E-state index in [2.05, 4.69) is 21.7 Å². The third-order valence-corrected chi connectivity index (χ3v) is 7.71. The molecule has 8 heteroatoms. The van der Waals surface area contributed by atoms with Crippen LogP contribution in [0.2, 0.25) is 0 Å². The summed E-state index contributed by atoms with van der Waals surface area (Å²) < 4.78 is 25.9. The number of halogens is 1. The van der Waals surface area contributed by atoms with Crippen LogP contribution in [0.15, 0.2) is 42.6 Å². The van der Waals surface area contributed by atoms with E-state index in [1.165, 1.54) is 12.1 Å². The molecule has 0 radical (unpaired) electrons. The number of hydrogen-bond donors (Lipinski definition) is 3. The van der Waals surface area contributed by atoms with E-state index in [9.17, 15) is 14.3 Å². The van der Waals surface area contributed by atoms with Crippen LogP contribution in [0.4, 0.5) is 10.1 Å². The van der Waals surface area contributed by atoms with Gasteiger partial charge >= 0.3 is 0 Å². The monoisotopic (exact) mass is 521 g/mol. The van der Waals surface area contributed by atoms with Crippen LogP contribution in [-0.4, -0.2) is 47.0 Å². The van der Waals surface area contributed by atoms with E-state index in [-0.39, 0.29) is 11.7 Å². The molecule has 0 unspecified atom stereocenters. The number of anilines is 1. The highest BCUT2D eigenvalue weighted by atomic mass is 19.1. The minimum Gasteiger partial charge on any atom is -0.491 e. The Morgan fingerprint density at radius 1 is 1.21 bits per heavy atom. The number of nitrogens with one attached hydrogen (secondary N) is 2. The van der Waals surface area contributed by atoms with Gasteiger partial charge in [-0.25, -0.2) is 4.39 Å². The van der Waals surface area contributed by atoms with Crippen molar-refractivity contribution in [3.63, 3.8) is 0 Å². The minimum atomic E-state index is -0.636. The lowest BCUT2D eigenvalue weighted by Crippen LogP contribution is -2.39. The quantitative estimate of drug-likeness (QED) is 0.374. The van der Waals surface area contributed by atoms with Crippen LogP contribution < -0.4 is 15.4 Å². The van der Waals surface area contributed by atoms with Gasteiger partial charge in [0.25, 0.3) is 5.91 Å². The average Bonchev–Trinajstić information content (AvgIpc) is 3.42. The molecule has 1 saturated heterocycles. The van der Waals surface area contributed by atoms with Crippen molar-refractivity contribution >= 4 is 22.5 Å². The van der Waals surface area contributed by atoms with Gasteiger partial charge in [-0.3, -0.25) is 9.78 Å². The molecule has 2 fully saturated rings. The van der Waals surface area contributed by atoms with E-state index < -0.39 is 17.3 Å². The third kappa shape index (κ3) is 6.31. The number of rotatable bonds is 8. The van der Waals surface area contributed by atoms with Gasteiger partial charge in [-0.1, -0.05) is 6.07 Å². The number of pyridine rings is 1. The van der Waals surface area contributed by atoms with Crippen LogP contribution >= 0.6 is 0 Å². The second-order valence-electron chi connectivity index (χ2n) is 10.8. The van der Waals surface area contributed by atoms with Crippen LogP contribution in [0.1, 0.15) is 66.9 Å². The van der Waals surface area contributed by atoms with Crippen LogP contribution in [0, 0.1) is 12.7 Å². The molecule has 3 aromatic rings. The van der Waals surface area contributed by atoms with Gasteiger partial charge < -0.3 is 25.2 Å². The highest BCUT2D eigenvalue weighted by Gasteiger charge is 2.28. The Hall–Kier alpha value is -3.07. The van der Waals surface area contributed by atoms with E-state index in [1.54, 1.807) is 6.07 Å². The van der Waals surface area contributed by atoms with E-state index >= 15 is 0 Å². The lowest BCUT2D eigenvalue weighted by atomic mass is 9.83. The Kier molecular flexibility index (Phi) is 7.93. The predicted molar refractivity (Wildman–Crippen MR) is 145 cm³/mol. The number of fused-ring (bicyclic) bond motifs is 1. The molecule has 7 nitrogen and oxygen atoms in total. The first-order chi connectivity index (χ1) is 18.3. The molecule has 38 heavy (non-hydrogen) atoms. The molecule has 1 aliphatic heterocycles. The number of hydrogen-bond acceptors (Lipinski definition) is 6. The first-order valence-corrected chi connectivity index (χ1v) is 13.5. The van der Waals surface area contributed by atoms with E-state index in [4.69, 9.17) is 9.47 Å².